The summed E-state index contributed by atoms with van der Waals surface area (Å²) in [6, 6.07) is 43.4. The maximum atomic E-state index is 14.5. The van der Waals surface area contributed by atoms with Crippen molar-refractivity contribution in [3.05, 3.63) is 196 Å². The molecule has 3 aliphatic rings. The molecule has 9 rings (SSSR count). The van der Waals surface area contributed by atoms with Crippen molar-refractivity contribution in [2.45, 2.75) is 95.5 Å². The molecule has 6 aromatic carbocycles. The Balaban J connectivity index is 1.20. The van der Waals surface area contributed by atoms with Crippen molar-refractivity contribution in [2.75, 3.05) is 29.5 Å². The second-order valence-electron chi connectivity index (χ2n) is 20.8. The second kappa shape index (κ2) is 21.6. The van der Waals surface area contributed by atoms with E-state index >= 15 is 0 Å². The fraction of sp³-hybridized carbons (Fsp3) is 0.311. The first-order valence-corrected chi connectivity index (χ1v) is 29.4. The van der Waals surface area contributed by atoms with Crippen LogP contribution in [0, 0.1) is 12.8 Å². The lowest BCUT2D eigenvalue weighted by molar-refractivity contribution is -0.438. The molecular formula is C61H64N2O8S3. The summed E-state index contributed by atoms with van der Waals surface area (Å²) < 4.78 is 76.7. The predicted octanol–water partition coefficient (Wildman–Crippen LogP) is 13.0. The molecule has 13 heteroatoms. The largest absolute Gasteiger partial charge is 0.748 e. The minimum atomic E-state index is -4.37. The van der Waals surface area contributed by atoms with E-state index in [9.17, 15) is 30.7 Å². The van der Waals surface area contributed by atoms with E-state index in [1.54, 1.807) is 11.8 Å². The summed E-state index contributed by atoms with van der Waals surface area (Å²) in [4.78, 5) is 18.9. The third-order valence-corrected chi connectivity index (χ3v) is 17.6. The zero-order valence-electron chi connectivity index (χ0n) is 42.7. The van der Waals surface area contributed by atoms with Gasteiger partial charge in [-0.25, -0.2) is 8.42 Å². The summed E-state index contributed by atoms with van der Waals surface area (Å²) in [6.07, 6.45) is 11.1. The smallest absolute Gasteiger partial charge is 0.309 e. The number of ether oxygens (including phenoxy) is 1. The zero-order chi connectivity index (χ0) is 52.4. The summed E-state index contributed by atoms with van der Waals surface area (Å²) in [5.41, 5.74) is 9.48. The number of unbranched alkanes of at least 4 members (excludes halogenated alkanes) is 2. The highest BCUT2D eigenvalue weighted by Gasteiger charge is 2.46. The number of esters is 1. The van der Waals surface area contributed by atoms with Crippen LogP contribution in [0.2, 0.25) is 0 Å². The van der Waals surface area contributed by atoms with Gasteiger partial charge in [0.15, 0.2) is 5.71 Å². The summed E-state index contributed by atoms with van der Waals surface area (Å²) >= 11 is 1.67. The predicted molar refractivity (Wildman–Crippen MR) is 299 cm³/mol. The molecule has 1 N–H and O–H groups in total. The quantitative estimate of drug-likeness (QED) is 0.0382. The molecule has 2 heterocycles. The number of thioether (sulfide) groups is 1. The van der Waals surface area contributed by atoms with Gasteiger partial charge in [0.25, 0.3) is 10.1 Å². The van der Waals surface area contributed by atoms with Crippen molar-refractivity contribution < 1.29 is 40.0 Å². The number of aryl methyl sites for hydroxylation is 1. The van der Waals surface area contributed by atoms with Crippen LogP contribution >= 0.6 is 11.8 Å². The number of allylic oxidation sites excluding steroid dienone is 7. The van der Waals surface area contributed by atoms with Crippen LogP contribution < -0.4 is 4.90 Å². The Bertz CT molecular complexity index is 3520. The van der Waals surface area contributed by atoms with Crippen LogP contribution in [-0.4, -0.2) is 66.8 Å². The Kier molecular flexibility index (Phi) is 15.4. The lowest BCUT2D eigenvalue weighted by Crippen LogP contribution is -2.28. The SMILES string of the molecule is Cc1ccc(SC2=C(/C=C/C3=[N+](CCCCS(=O)(=O)[O-])c4ccc5ccccc5c4C3(C)C)CC(C(=O)OCc3ccccc3)C/C2=C\C=C2\N(CCCCS(=O)(=O)O)c3ccc4ccccc4c3C2(C)C)cc1. The van der Waals surface area contributed by atoms with Crippen LogP contribution in [0.5, 0.6) is 0 Å². The number of hydrogen-bond acceptors (Lipinski definition) is 9. The first-order valence-electron chi connectivity index (χ1n) is 25.4. The molecule has 0 saturated carbocycles. The van der Waals surface area contributed by atoms with Gasteiger partial charge < -0.3 is 14.2 Å². The standard InChI is InChI=1S/C61H64N2O8S3/c1-42-23-29-49(30-24-42)72-58-46(27-33-54-60(2,3)56-50-21-11-9-19-44(50)25-31-52(56)62(54)35-13-15-37-73(65,66)67)39-48(59(64)71-41-43-17-7-6-8-18-43)40-47(58)28-34-55-61(4,5)57-51-22-12-10-20-45(51)26-32-53(57)63(55)36-14-16-38-74(68,69)70/h6-12,17-34,48H,13-16,35-41H2,1-5H3,(H-,65,66,67,68,69,70). The Morgan fingerprint density at radius 3 is 2.08 bits per heavy atom. The molecule has 0 fully saturated rings. The van der Waals surface area contributed by atoms with E-state index in [0.717, 1.165) is 76.4 Å². The monoisotopic (exact) mass is 1050 g/mol. The topological polar surface area (TPSA) is 144 Å². The van der Waals surface area contributed by atoms with E-state index in [4.69, 9.17) is 4.74 Å². The van der Waals surface area contributed by atoms with Crippen LogP contribution in [0.25, 0.3) is 21.5 Å². The first kappa shape index (κ1) is 52.8. The molecule has 0 aromatic heterocycles. The van der Waals surface area contributed by atoms with Gasteiger partial charge in [0.05, 0.1) is 27.2 Å². The molecule has 0 amide bonds. The number of hydrogen-bond donors (Lipinski definition) is 1. The highest BCUT2D eigenvalue weighted by atomic mass is 32.2. The van der Waals surface area contributed by atoms with Crippen molar-refractivity contribution in [1.82, 2.24) is 0 Å². The Morgan fingerprint density at radius 1 is 0.743 bits per heavy atom. The highest BCUT2D eigenvalue weighted by Crippen LogP contribution is 2.52. The van der Waals surface area contributed by atoms with Crippen LogP contribution in [0.4, 0.5) is 11.4 Å². The van der Waals surface area contributed by atoms with Gasteiger partial charge in [0.2, 0.25) is 5.69 Å². The number of benzene rings is 6. The van der Waals surface area contributed by atoms with Gasteiger partial charge in [-0.15, -0.1) is 0 Å². The fourth-order valence-corrected chi connectivity index (χ4v) is 13.4. The summed E-state index contributed by atoms with van der Waals surface area (Å²) in [5.74, 6) is -1.55. The summed E-state index contributed by atoms with van der Waals surface area (Å²) in [6.45, 7) is 12.1. The molecule has 0 bridgehead atoms. The van der Waals surface area contributed by atoms with E-state index in [-0.39, 0.29) is 24.7 Å². The van der Waals surface area contributed by atoms with Gasteiger partial charge >= 0.3 is 5.97 Å². The maximum absolute atomic E-state index is 14.5. The Morgan fingerprint density at radius 2 is 1.39 bits per heavy atom. The molecule has 0 radical (unpaired) electrons. The van der Waals surface area contributed by atoms with Gasteiger partial charge in [0.1, 0.15) is 13.2 Å². The number of rotatable bonds is 18. The third kappa shape index (κ3) is 11.6. The van der Waals surface area contributed by atoms with E-state index in [2.05, 4.69) is 147 Å². The zero-order valence-corrected chi connectivity index (χ0v) is 45.2. The van der Waals surface area contributed by atoms with E-state index in [1.165, 1.54) is 11.1 Å². The Hall–Kier alpha value is -6.09. The van der Waals surface area contributed by atoms with Crippen LogP contribution in [0.3, 0.4) is 0 Å². The average molecular weight is 1050 g/mol. The minimum absolute atomic E-state index is 0.146. The minimum Gasteiger partial charge on any atom is -0.748 e. The van der Waals surface area contributed by atoms with Gasteiger partial charge in [-0.2, -0.15) is 13.0 Å². The van der Waals surface area contributed by atoms with Crippen molar-refractivity contribution in [2.24, 2.45) is 5.92 Å². The first-order chi connectivity index (χ1) is 35.3. The van der Waals surface area contributed by atoms with Gasteiger partial charge in [-0.05, 0) is 127 Å². The van der Waals surface area contributed by atoms with Crippen molar-refractivity contribution in [1.29, 1.82) is 0 Å². The number of carbonyl (C=O) groups is 1. The normalized spacial score (nSPS) is 18.6. The average Bonchev–Trinajstić information content (AvgIpc) is 3.73. The van der Waals surface area contributed by atoms with E-state index < -0.39 is 42.7 Å². The Labute approximate surface area is 440 Å². The molecular weight excluding hydrogens is 985 g/mol. The van der Waals surface area contributed by atoms with Crippen LogP contribution in [0.1, 0.15) is 88.5 Å². The molecule has 1 unspecified atom stereocenters. The number of nitrogens with zero attached hydrogens (tertiary/aromatic N) is 2. The lowest BCUT2D eigenvalue weighted by Gasteiger charge is -2.29. The van der Waals surface area contributed by atoms with Crippen LogP contribution in [-0.2, 0) is 47.2 Å². The van der Waals surface area contributed by atoms with Crippen molar-refractivity contribution >= 4 is 76.6 Å². The molecule has 10 nitrogen and oxygen atoms in total. The number of fused-ring (bicyclic) bond motifs is 6. The third-order valence-electron chi connectivity index (χ3n) is 14.8. The van der Waals surface area contributed by atoms with Crippen molar-refractivity contribution in [3.8, 4) is 0 Å². The molecule has 0 saturated heterocycles. The molecule has 1 atom stereocenters. The molecule has 384 valence electrons. The fourth-order valence-electron chi connectivity index (χ4n) is 11.2. The molecule has 0 spiro atoms. The van der Waals surface area contributed by atoms with Gasteiger partial charge in [0, 0.05) is 63.0 Å². The molecule has 74 heavy (non-hydrogen) atoms. The molecule has 2 aliphatic heterocycles. The maximum Gasteiger partial charge on any atom is 0.309 e. The number of carbonyl (C=O) groups excluding carboxylic acids is 1. The van der Waals surface area contributed by atoms with Crippen LogP contribution in [0.15, 0.2) is 178 Å². The van der Waals surface area contributed by atoms with Gasteiger partial charge in [-0.3, -0.25) is 9.35 Å². The second-order valence-corrected chi connectivity index (χ2v) is 25.0. The molecule has 6 aromatic rings. The molecule has 1 aliphatic carbocycles. The summed E-state index contributed by atoms with van der Waals surface area (Å²) in [7, 11) is -8.50. The van der Waals surface area contributed by atoms with Crippen molar-refractivity contribution in [3.63, 3.8) is 0 Å². The van der Waals surface area contributed by atoms with Gasteiger partial charge in [-0.1, -0.05) is 140 Å². The van der Waals surface area contributed by atoms with E-state index in [0.29, 0.717) is 45.2 Å². The lowest BCUT2D eigenvalue weighted by atomic mass is 9.78. The van der Waals surface area contributed by atoms with E-state index in [1.807, 2.05) is 48.5 Å². The highest BCUT2D eigenvalue weighted by molar-refractivity contribution is 8.03. The summed E-state index contributed by atoms with van der Waals surface area (Å²) in [5, 5.41) is 4.52. The number of anilines is 1.